The lowest BCUT2D eigenvalue weighted by Crippen LogP contribution is -1.96. The number of hydrogen-bond donors (Lipinski definition) is 0. The van der Waals surface area contributed by atoms with Crippen molar-refractivity contribution in [1.82, 2.24) is 9.55 Å². The molecule has 0 saturated carbocycles. The van der Waals surface area contributed by atoms with Crippen LogP contribution in [0, 0.1) is 21.4 Å². The summed E-state index contributed by atoms with van der Waals surface area (Å²) in [4.78, 5) is 14.5. The minimum absolute atomic E-state index is 0.0327. The van der Waals surface area contributed by atoms with Crippen molar-refractivity contribution < 1.29 is 4.92 Å². The first-order valence-corrected chi connectivity index (χ1v) is 5.81. The molecule has 0 saturated heterocycles. The van der Waals surface area contributed by atoms with Gasteiger partial charge in [-0.15, -0.1) is 0 Å². The number of nitrogens with zero attached hydrogens (tertiary/aromatic N) is 4. The van der Waals surface area contributed by atoms with Crippen molar-refractivity contribution in [3.8, 4) is 11.8 Å². The van der Waals surface area contributed by atoms with Crippen LogP contribution in [0.5, 0.6) is 0 Å². The van der Waals surface area contributed by atoms with Gasteiger partial charge >= 0.3 is 0 Å². The maximum atomic E-state index is 10.8. The van der Waals surface area contributed by atoms with E-state index < -0.39 is 4.92 Å². The molecule has 96 valence electrons. The third-order valence-electron chi connectivity index (χ3n) is 3.03. The van der Waals surface area contributed by atoms with Crippen LogP contribution in [0.4, 0.5) is 5.69 Å². The molecule has 0 aliphatic carbocycles. The van der Waals surface area contributed by atoms with E-state index in [1.807, 2.05) is 30.3 Å². The molecule has 3 rings (SSSR count). The summed E-state index contributed by atoms with van der Waals surface area (Å²) in [5.74, 6) is 0. The molecule has 0 spiro atoms. The van der Waals surface area contributed by atoms with Crippen LogP contribution in [0.1, 0.15) is 5.56 Å². The van der Waals surface area contributed by atoms with Gasteiger partial charge in [-0.2, -0.15) is 5.26 Å². The summed E-state index contributed by atoms with van der Waals surface area (Å²) in [6.45, 7) is 0. The Morgan fingerprint density at radius 2 is 2.05 bits per heavy atom. The zero-order valence-corrected chi connectivity index (χ0v) is 10.2. The normalized spacial score (nSPS) is 10.3. The number of imidazole rings is 1. The van der Waals surface area contributed by atoms with Crippen LogP contribution >= 0.6 is 0 Å². The number of nitriles is 1. The largest absolute Gasteiger partial charge is 0.299 e. The second-order valence-corrected chi connectivity index (χ2v) is 4.17. The van der Waals surface area contributed by atoms with Gasteiger partial charge in [-0.05, 0) is 24.3 Å². The molecule has 20 heavy (non-hydrogen) atoms. The topological polar surface area (TPSA) is 84.8 Å². The van der Waals surface area contributed by atoms with Crippen molar-refractivity contribution in [2.45, 2.75) is 0 Å². The van der Waals surface area contributed by atoms with Crippen LogP contribution in [-0.4, -0.2) is 14.5 Å². The summed E-state index contributed by atoms with van der Waals surface area (Å²) in [5.41, 5.74) is 2.21. The fraction of sp³-hybridized carbons (Fsp3) is 0. The second kappa shape index (κ2) is 4.48. The minimum atomic E-state index is -0.561. The van der Waals surface area contributed by atoms with Gasteiger partial charge in [-0.1, -0.05) is 12.1 Å². The Bertz CT molecular complexity index is 861. The van der Waals surface area contributed by atoms with Gasteiger partial charge in [-0.25, -0.2) is 4.98 Å². The van der Waals surface area contributed by atoms with E-state index in [0.717, 1.165) is 11.0 Å². The average Bonchev–Trinajstić information content (AvgIpc) is 2.90. The molecule has 6 nitrogen and oxygen atoms in total. The molecular weight excluding hydrogens is 256 g/mol. The van der Waals surface area contributed by atoms with Crippen LogP contribution < -0.4 is 0 Å². The summed E-state index contributed by atoms with van der Waals surface area (Å²) < 4.78 is 1.79. The molecule has 3 aromatic rings. The SMILES string of the molecule is N#Cc1cc(-n2cnc3ccccc32)ccc1[N+](=O)[O-]. The molecule has 0 amide bonds. The molecule has 0 unspecified atom stereocenters. The average molecular weight is 264 g/mol. The quantitative estimate of drug-likeness (QED) is 0.526. The second-order valence-electron chi connectivity index (χ2n) is 4.17. The molecule has 0 atom stereocenters. The molecule has 0 N–H and O–H groups in total. The van der Waals surface area contributed by atoms with Crippen molar-refractivity contribution in [3.63, 3.8) is 0 Å². The number of rotatable bonds is 2. The first-order chi connectivity index (χ1) is 9.70. The highest BCUT2D eigenvalue weighted by atomic mass is 16.6. The molecule has 0 aliphatic heterocycles. The summed E-state index contributed by atoms with van der Waals surface area (Å²) in [7, 11) is 0. The number of para-hydroxylation sites is 2. The Balaban J connectivity index is 2.21. The first-order valence-electron chi connectivity index (χ1n) is 5.81. The number of nitro benzene ring substituents is 1. The smallest absolute Gasteiger partial charge is 0.287 e. The number of benzene rings is 2. The van der Waals surface area contributed by atoms with Crippen LogP contribution in [0.3, 0.4) is 0 Å². The van der Waals surface area contributed by atoms with Gasteiger partial charge in [0.1, 0.15) is 18.0 Å². The van der Waals surface area contributed by atoms with Gasteiger partial charge in [0.25, 0.3) is 5.69 Å². The predicted octanol–water partition coefficient (Wildman–Crippen LogP) is 2.81. The molecule has 1 aromatic heterocycles. The standard InChI is InChI=1S/C14H8N4O2/c15-8-10-7-11(5-6-13(10)18(19)20)17-9-16-12-3-1-2-4-14(12)17/h1-7,9H. The van der Waals surface area contributed by atoms with Crippen molar-refractivity contribution in [2.24, 2.45) is 0 Å². The number of aromatic nitrogens is 2. The number of fused-ring (bicyclic) bond motifs is 1. The molecule has 2 aromatic carbocycles. The van der Waals surface area contributed by atoms with Gasteiger partial charge in [0.2, 0.25) is 0 Å². The van der Waals surface area contributed by atoms with Gasteiger partial charge < -0.3 is 0 Å². The summed E-state index contributed by atoms with van der Waals surface area (Å²) in [6, 6.07) is 13.8. The van der Waals surface area contributed by atoms with Gasteiger partial charge in [0.15, 0.2) is 0 Å². The molecule has 0 bridgehead atoms. The fourth-order valence-corrected chi connectivity index (χ4v) is 2.09. The van der Waals surface area contributed by atoms with E-state index in [2.05, 4.69) is 4.98 Å². The lowest BCUT2D eigenvalue weighted by atomic mass is 10.1. The summed E-state index contributed by atoms with van der Waals surface area (Å²) in [5, 5.41) is 19.8. The number of nitro groups is 1. The maximum Gasteiger partial charge on any atom is 0.287 e. The van der Waals surface area contributed by atoms with Crippen molar-refractivity contribution in [3.05, 3.63) is 64.5 Å². The molecule has 0 fully saturated rings. The molecule has 0 radical (unpaired) electrons. The van der Waals surface area contributed by atoms with E-state index in [-0.39, 0.29) is 11.3 Å². The third kappa shape index (κ3) is 1.78. The van der Waals surface area contributed by atoms with Gasteiger partial charge in [0, 0.05) is 11.8 Å². The monoisotopic (exact) mass is 264 g/mol. The third-order valence-corrected chi connectivity index (χ3v) is 3.03. The highest BCUT2D eigenvalue weighted by Gasteiger charge is 2.15. The molecule has 1 heterocycles. The fourth-order valence-electron chi connectivity index (χ4n) is 2.09. The highest BCUT2D eigenvalue weighted by molar-refractivity contribution is 5.77. The van der Waals surface area contributed by atoms with E-state index >= 15 is 0 Å². The zero-order valence-electron chi connectivity index (χ0n) is 10.2. The van der Waals surface area contributed by atoms with Gasteiger partial charge in [0.05, 0.1) is 16.0 Å². The molecule has 0 aliphatic rings. The molecular formula is C14H8N4O2. The van der Waals surface area contributed by atoms with Crippen molar-refractivity contribution in [2.75, 3.05) is 0 Å². The highest BCUT2D eigenvalue weighted by Crippen LogP contribution is 2.23. The van der Waals surface area contributed by atoms with Crippen molar-refractivity contribution in [1.29, 1.82) is 5.26 Å². The lowest BCUT2D eigenvalue weighted by Gasteiger charge is -2.04. The summed E-state index contributed by atoms with van der Waals surface area (Å²) >= 11 is 0. The zero-order chi connectivity index (χ0) is 14.1. The minimum Gasteiger partial charge on any atom is -0.299 e. The number of hydrogen-bond acceptors (Lipinski definition) is 4. The maximum absolute atomic E-state index is 10.8. The van der Waals surface area contributed by atoms with Crippen LogP contribution in [-0.2, 0) is 0 Å². The van der Waals surface area contributed by atoms with Crippen LogP contribution in [0.2, 0.25) is 0 Å². The Morgan fingerprint density at radius 3 is 2.80 bits per heavy atom. The van der Waals surface area contributed by atoms with Crippen LogP contribution in [0.15, 0.2) is 48.8 Å². The van der Waals surface area contributed by atoms with Crippen molar-refractivity contribution >= 4 is 16.7 Å². The Labute approximate surface area is 113 Å². The summed E-state index contributed by atoms with van der Waals surface area (Å²) in [6.07, 6.45) is 1.63. The van der Waals surface area contributed by atoms with Gasteiger partial charge in [-0.3, -0.25) is 14.7 Å². The van der Waals surface area contributed by atoms with E-state index in [9.17, 15) is 10.1 Å². The Kier molecular flexibility index (Phi) is 2.66. The first kappa shape index (κ1) is 11.9. The van der Waals surface area contributed by atoms with Crippen LogP contribution in [0.25, 0.3) is 16.7 Å². The van der Waals surface area contributed by atoms with E-state index in [1.54, 1.807) is 17.0 Å². The molecule has 6 heteroatoms. The predicted molar refractivity (Wildman–Crippen MR) is 72.4 cm³/mol. The Morgan fingerprint density at radius 1 is 1.25 bits per heavy atom. The van der Waals surface area contributed by atoms with E-state index in [1.165, 1.54) is 12.1 Å². The Hall–Kier alpha value is -3.20. The lowest BCUT2D eigenvalue weighted by molar-refractivity contribution is -0.385. The van der Waals surface area contributed by atoms with E-state index in [4.69, 9.17) is 5.26 Å². The van der Waals surface area contributed by atoms with E-state index in [0.29, 0.717) is 5.69 Å².